The molecule has 0 aliphatic rings. The minimum absolute atomic E-state index is 0.0677. The first kappa shape index (κ1) is 17.5. The molecule has 4 heteroatoms. The van der Waals surface area contributed by atoms with E-state index in [2.05, 4.69) is 31.0 Å². The van der Waals surface area contributed by atoms with Crippen LogP contribution in [0.5, 0.6) is 5.75 Å². The fourth-order valence-electron chi connectivity index (χ4n) is 2.36. The molecule has 118 valence electrons. The van der Waals surface area contributed by atoms with Crippen LogP contribution in [-0.2, 0) is 11.2 Å². The second-order valence-corrected chi connectivity index (χ2v) is 5.13. The third-order valence-electron chi connectivity index (χ3n) is 3.63. The molecule has 0 heterocycles. The Morgan fingerprint density at radius 1 is 1.19 bits per heavy atom. The van der Waals surface area contributed by atoms with E-state index in [4.69, 9.17) is 4.74 Å². The molecule has 0 aromatic heterocycles. The van der Waals surface area contributed by atoms with E-state index >= 15 is 0 Å². The molecule has 1 aromatic rings. The highest BCUT2D eigenvalue weighted by molar-refractivity contribution is 5.78. The molecule has 1 aromatic carbocycles. The first-order valence-corrected chi connectivity index (χ1v) is 7.83. The standard InChI is InChI=1S/C17H28N2O2/c1-5-19(6-2)14(4)13-18-17(20)12-15-8-10-16(11-9-15)21-7-3/h8-11,14H,5-7,12-13H2,1-4H3,(H,18,20). The van der Waals surface area contributed by atoms with Crippen molar-refractivity contribution in [2.24, 2.45) is 0 Å². The number of benzene rings is 1. The van der Waals surface area contributed by atoms with Crippen molar-refractivity contribution in [3.05, 3.63) is 29.8 Å². The topological polar surface area (TPSA) is 41.6 Å². The highest BCUT2D eigenvalue weighted by atomic mass is 16.5. The number of rotatable bonds is 9. The van der Waals surface area contributed by atoms with Gasteiger partial charge in [0.1, 0.15) is 5.75 Å². The summed E-state index contributed by atoms with van der Waals surface area (Å²) >= 11 is 0. The highest BCUT2D eigenvalue weighted by Crippen LogP contribution is 2.12. The SMILES string of the molecule is CCOc1ccc(CC(=O)NCC(C)N(CC)CC)cc1. The zero-order chi connectivity index (χ0) is 15.7. The largest absolute Gasteiger partial charge is 0.494 e. The van der Waals surface area contributed by atoms with Gasteiger partial charge in [-0.05, 0) is 44.6 Å². The van der Waals surface area contributed by atoms with E-state index in [1.165, 1.54) is 0 Å². The van der Waals surface area contributed by atoms with Crippen LogP contribution < -0.4 is 10.1 Å². The van der Waals surface area contributed by atoms with E-state index in [1.807, 2.05) is 31.2 Å². The monoisotopic (exact) mass is 292 g/mol. The molecule has 1 N–H and O–H groups in total. The van der Waals surface area contributed by atoms with Gasteiger partial charge in [0, 0.05) is 12.6 Å². The lowest BCUT2D eigenvalue weighted by Crippen LogP contribution is -2.42. The number of carbonyl (C=O) groups is 1. The fourth-order valence-corrected chi connectivity index (χ4v) is 2.36. The number of nitrogens with one attached hydrogen (secondary N) is 1. The Kier molecular flexibility index (Phi) is 7.83. The molecule has 0 aliphatic carbocycles. The predicted molar refractivity (Wildman–Crippen MR) is 86.7 cm³/mol. The van der Waals surface area contributed by atoms with Gasteiger partial charge in [0.2, 0.25) is 5.91 Å². The maximum Gasteiger partial charge on any atom is 0.224 e. The van der Waals surface area contributed by atoms with Crippen LogP contribution >= 0.6 is 0 Å². The summed E-state index contributed by atoms with van der Waals surface area (Å²) in [6.07, 6.45) is 0.414. The molecule has 1 atom stereocenters. The van der Waals surface area contributed by atoms with Crippen LogP contribution in [0, 0.1) is 0 Å². The van der Waals surface area contributed by atoms with Crippen LogP contribution in [0.1, 0.15) is 33.3 Å². The maximum atomic E-state index is 12.0. The molecule has 0 aliphatic heterocycles. The highest BCUT2D eigenvalue weighted by Gasteiger charge is 2.11. The summed E-state index contributed by atoms with van der Waals surface area (Å²) in [6.45, 7) is 11.7. The Balaban J connectivity index is 2.39. The number of likely N-dealkylation sites (N-methyl/N-ethyl adjacent to an activating group) is 1. The van der Waals surface area contributed by atoms with Gasteiger partial charge in [-0.1, -0.05) is 26.0 Å². The zero-order valence-electron chi connectivity index (χ0n) is 13.7. The van der Waals surface area contributed by atoms with Crippen molar-refractivity contribution in [2.75, 3.05) is 26.2 Å². The van der Waals surface area contributed by atoms with Crippen LogP contribution in [-0.4, -0.2) is 43.1 Å². The summed E-state index contributed by atoms with van der Waals surface area (Å²) in [5, 5.41) is 3.01. The number of carbonyl (C=O) groups excluding carboxylic acids is 1. The quantitative estimate of drug-likeness (QED) is 0.760. The van der Waals surface area contributed by atoms with E-state index in [9.17, 15) is 4.79 Å². The van der Waals surface area contributed by atoms with Crippen molar-refractivity contribution in [3.63, 3.8) is 0 Å². The minimum atomic E-state index is 0.0677. The summed E-state index contributed by atoms with van der Waals surface area (Å²) in [5.41, 5.74) is 1.01. The molecular weight excluding hydrogens is 264 g/mol. The average Bonchev–Trinajstić information content (AvgIpc) is 2.49. The van der Waals surface area contributed by atoms with Gasteiger partial charge in [0.25, 0.3) is 0 Å². The predicted octanol–water partition coefficient (Wildman–Crippen LogP) is 2.47. The van der Waals surface area contributed by atoms with E-state index in [1.54, 1.807) is 0 Å². The summed E-state index contributed by atoms with van der Waals surface area (Å²) in [4.78, 5) is 14.3. The Morgan fingerprint density at radius 2 is 1.81 bits per heavy atom. The van der Waals surface area contributed by atoms with Crippen LogP contribution in [0.25, 0.3) is 0 Å². The molecule has 1 unspecified atom stereocenters. The minimum Gasteiger partial charge on any atom is -0.494 e. The van der Waals surface area contributed by atoms with Gasteiger partial charge < -0.3 is 10.1 Å². The van der Waals surface area contributed by atoms with Crippen LogP contribution in [0.4, 0.5) is 0 Å². The van der Waals surface area contributed by atoms with Crippen molar-refractivity contribution >= 4 is 5.91 Å². The Morgan fingerprint density at radius 3 is 2.33 bits per heavy atom. The fraction of sp³-hybridized carbons (Fsp3) is 0.588. The van der Waals surface area contributed by atoms with Gasteiger partial charge >= 0.3 is 0 Å². The first-order valence-electron chi connectivity index (χ1n) is 7.83. The zero-order valence-corrected chi connectivity index (χ0v) is 13.7. The third-order valence-corrected chi connectivity index (χ3v) is 3.63. The second-order valence-electron chi connectivity index (χ2n) is 5.13. The lowest BCUT2D eigenvalue weighted by molar-refractivity contribution is -0.120. The van der Waals surface area contributed by atoms with Gasteiger partial charge in [0.15, 0.2) is 0 Å². The molecule has 0 radical (unpaired) electrons. The van der Waals surface area contributed by atoms with Gasteiger partial charge in [-0.2, -0.15) is 0 Å². The Hall–Kier alpha value is -1.55. The van der Waals surface area contributed by atoms with E-state index in [-0.39, 0.29) is 5.91 Å². The number of nitrogens with zero attached hydrogens (tertiary/aromatic N) is 1. The van der Waals surface area contributed by atoms with Crippen LogP contribution in [0.15, 0.2) is 24.3 Å². The number of amides is 1. The van der Waals surface area contributed by atoms with Crippen LogP contribution in [0.2, 0.25) is 0 Å². The van der Waals surface area contributed by atoms with Gasteiger partial charge in [0.05, 0.1) is 13.0 Å². The van der Waals surface area contributed by atoms with Gasteiger partial charge in [-0.3, -0.25) is 9.69 Å². The number of hydrogen-bond donors (Lipinski definition) is 1. The second kappa shape index (κ2) is 9.40. The molecule has 4 nitrogen and oxygen atoms in total. The Bertz CT molecular complexity index is 413. The molecule has 0 saturated heterocycles. The van der Waals surface area contributed by atoms with Gasteiger partial charge in [-0.25, -0.2) is 0 Å². The van der Waals surface area contributed by atoms with Crippen molar-refractivity contribution in [1.29, 1.82) is 0 Å². The molecule has 0 spiro atoms. The van der Waals surface area contributed by atoms with E-state index in [0.717, 1.165) is 24.4 Å². The van der Waals surface area contributed by atoms with E-state index < -0.39 is 0 Å². The summed E-state index contributed by atoms with van der Waals surface area (Å²) < 4.78 is 5.39. The lowest BCUT2D eigenvalue weighted by Gasteiger charge is -2.26. The smallest absolute Gasteiger partial charge is 0.224 e. The van der Waals surface area contributed by atoms with Crippen molar-refractivity contribution in [3.8, 4) is 5.75 Å². The van der Waals surface area contributed by atoms with Crippen molar-refractivity contribution < 1.29 is 9.53 Å². The molecule has 0 bridgehead atoms. The Labute approximate surface area is 128 Å². The first-order chi connectivity index (χ1) is 10.1. The third kappa shape index (κ3) is 6.17. The summed E-state index contributed by atoms with van der Waals surface area (Å²) in [7, 11) is 0. The maximum absolute atomic E-state index is 12.0. The van der Waals surface area contributed by atoms with Gasteiger partial charge in [-0.15, -0.1) is 0 Å². The van der Waals surface area contributed by atoms with E-state index in [0.29, 0.717) is 25.6 Å². The molecular formula is C17H28N2O2. The number of hydrogen-bond acceptors (Lipinski definition) is 3. The normalized spacial score (nSPS) is 12.2. The van der Waals surface area contributed by atoms with Crippen LogP contribution in [0.3, 0.4) is 0 Å². The number of ether oxygens (including phenoxy) is 1. The molecule has 1 rings (SSSR count). The summed E-state index contributed by atoms with van der Waals surface area (Å²) in [6, 6.07) is 8.07. The lowest BCUT2D eigenvalue weighted by atomic mass is 10.1. The summed E-state index contributed by atoms with van der Waals surface area (Å²) in [5.74, 6) is 0.912. The average molecular weight is 292 g/mol. The molecule has 0 fully saturated rings. The molecule has 0 saturated carbocycles. The van der Waals surface area contributed by atoms with Crippen molar-refractivity contribution in [2.45, 2.75) is 40.2 Å². The molecule has 21 heavy (non-hydrogen) atoms. The van der Waals surface area contributed by atoms with Crippen molar-refractivity contribution in [1.82, 2.24) is 10.2 Å². The molecule has 1 amide bonds.